The lowest BCUT2D eigenvalue weighted by Crippen LogP contribution is -1.93. The van der Waals surface area contributed by atoms with E-state index >= 15 is 0 Å². The van der Waals surface area contributed by atoms with Gasteiger partial charge in [-0.1, -0.05) is 78.6 Å². The lowest BCUT2D eigenvalue weighted by atomic mass is 9.98. The van der Waals surface area contributed by atoms with E-state index in [4.69, 9.17) is 0 Å². The van der Waals surface area contributed by atoms with E-state index in [1.54, 1.807) is 6.42 Å². The first-order valence-electron chi connectivity index (χ1n) is 7.77. The van der Waals surface area contributed by atoms with Gasteiger partial charge in [-0.05, 0) is 24.2 Å². The van der Waals surface area contributed by atoms with Crippen LogP contribution in [-0.4, -0.2) is 0 Å². The zero-order valence-corrected chi connectivity index (χ0v) is 11.8. The number of unbranched alkanes of at least 4 members (excludes halogenated alkanes) is 2. The van der Waals surface area contributed by atoms with E-state index in [9.17, 15) is 0 Å². The summed E-state index contributed by atoms with van der Waals surface area (Å²) in [5, 5.41) is 0. The summed E-state index contributed by atoms with van der Waals surface area (Å²) in [7, 11) is 0. The van der Waals surface area contributed by atoms with Crippen molar-refractivity contribution in [2.45, 2.75) is 85.0 Å². The normalized spacial score (nSPS) is 25.7. The van der Waals surface area contributed by atoms with Gasteiger partial charge in [0.05, 0.1) is 0 Å². The van der Waals surface area contributed by atoms with Gasteiger partial charge in [0.2, 0.25) is 0 Å². The van der Waals surface area contributed by atoms with Crippen LogP contribution in [0.4, 0.5) is 0 Å². The van der Waals surface area contributed by atoms with Crippen molar-refractivity contribution in [1.29, 1.82) is 0 Å². The second-order valence-corrected chi connectivity index (χ2v) is 6.08. The third kappa shape index (κ3) is 5.92. The SMILES string of the molecule is CCCC(C)CCCCCC1CC1CCC. The van der Waals surface area contributed by atoms with Gasteiger partial charge in [-0.3, -0.25) is 0 Å². The van der Waals surface area contributed by atoms with E-state index in [0.717, 1.165) is 17.8 Å². The molecule has 96 valence electrons. The lowest BCUT2D eigenvalue weighted by Gasteiger charge is -2.09. The molecule has 0 aromatic heterocycles. The summed E-state index contributed by atoms with van der Waals surface area (Å²) >= 11 is 0. The van der Waals surface area contributed by atoms with Crippen molar-refractivity contribution in [2.75, 3.05) is 0 Å². The summed E-state index contributed by atoms with van der Waals surface area (Å²) in [6.07, 6.45) is 14.7. The fourth-order valence-corrected chi connectivity index (χ4v) is 3.10. The molecule has 0 nitrogen and oxygen atoms in total. The molecule has 1 aliphatic rings. The van der Waals surface area contributed by atoms with Gasteiger partial charge in [-0.25, -0.2) is 0 Å². The van der Waals surface area contributed by atoms with Crippen molar-refractivity contribution in [2.24, 2.45) is 17.8 Å². The van der Waals surface area contributed by atoms with E-state index in [0.29, 0.717) is 0 Å². The van der Waals surface area contributed by atoms with Crippen LogP contribution in [0.1, 0.15) is 85.0 Å². The van der Waals surface area contributed by atoms with E-state index in [1.807, 2.05) is 0 Å². The third-order valence-electron chi connectivity index (χ3n) is 4.28. The van der Waals surface area contributed by atoms with Crippen LogP contribution in [-0.2, 0) is 0 Å². The van der Waals surface area contributed by atoms with Crippen LogP contribution in [0, 0.1) is 17.8 Å². The minimum atomic E-state index is 0.971. The Morgan fingerprint density at radius 3 is 2.31 bits per heavy atom. The van der Waals surface area contributed by atoms with Gasteiger partial charge in [0.15, 0.2) is 0 Å². The molecule has 0 saturated heterocycles. The second kappa shape index (κ2) is 8.14. The predicted molar refractivity (Wildman–Crippen MR) is 73.7 cm³/mol. The van der Waals surface area contributed by atoms with Crippen LogP contribution < -0.4 is 0 Å². The molecular formula is C16H32. The minimum Gasteiger partial charge on any atom is -0.0654 e. The summed E-state index contributed by atoms with van der Waals surface area (Å²) in [6, 6.07) is 0. The molecule has 1 rings (SSSR count). The second-order valence-electron chi connectivity index (χ2n) is 6.08. The van der Waals surface area contributed by atoms with Gasteiger partial charge in [0, 0.05) is 0 Å². The van der Waals surface area contributed by atoms with Crippen molar-refractivity contribution >= 4 is 0 Å². The first-order valence-corrected chi connectivity index (χ1v) is 7.77. The van der Waals surface area contributed by atoms with E-state index in [1.165, 1.54) is 57.8 Å². The Labute approximate surface area is 103 Å². The molecule has 0 N–H and O–H groups in total. The van der Waals surface area contributed by atoms with Gasteiger partial charge in [0.25, 0.3) is 0 Å². The average Bonchev–Trinajstić information content (AvgIpc) is 2.97. The van der Waals surface area contributed by atoms with Crippen LogP contribution in [0.5, 0.6) is 0 Å². The molecular weight excluding hydrogens is 192 g/mol. The zero-order valence-electron chi connectivity index (χ0n) is 11.8. The molecule has 0 spiro atoms. The molecule has 0 aromatic carbocycles. The maximum Gasteiger partial charge on any atom is -0.0383 e. The minimum absolute atomic E-state index is 0.971. The molecule has 1 saturated carbocycles. The molecule has 0 heterocycles. The zero-order chi connectivity index (χ0) is 11.8. The van der Waals surface area contributed by atoms with Crippen molar-refractivity contribution < 1.29 is 0 Å². The predicted octanol–water partition coefficient (Wildman–Crippen LogP) is 5.81. The van der Waals surface area contributed by atoms with Crippen LogP contribution in [0.15, 0.2) is 0 Å². The summed E-state index contributed by atoms with van der Waals surface area (Å²) < 4.78 is 0. The Morgan fingerprint density at radius 2 is 1.62 bits per heavy atom. The number of hydrogen-bond acceptors (Lipinski definition) is 0. The lowest BCUT2D eigenvalue weighted by molar-refractivity contribution is 0.448. The molecule has 0 aliphatic heterocycles. The van der Waals surface area contributed by atoms with Gasteiger partial charge < -0.3 is 0 Å². The van der Waals surface area contributed by atoms with Crippen LogP contribution in [0.3, 0.4) is 0 Å². The first kappa shape index (κ1) is 14.1. The number of rotatable bonds is 10. The largest absolute Gasteiger partial charge is 0.0654 e. The molecule has 0 heteroatoms. The average molecular weight is 224 g/mol. The third-order valence-corrected chi connectivity index (χ3v) is 4.28. The van der Waals surface area contributed by atoms with Crippen LogP contribution in [0.25, 0.3) is 0 Å². The Bertz CT molecular complexity index is 161. The quantitative estimate of drug-likeness (QED) is 0.411. The summed E-state index contributed by atoms with van der Waals surface area (Å²) in [4.78, 5) is 0. The first-order chi connectivity index (χ1) is 7.77. The Morgan fingerprint density at radius 1 is 0.875 bits per heavy atom. The highest BCUT2D eigenvalue weighted by atomic mass is 14.4. The standard InChI is InChI=1S/C16H32/c1-4-9-14(3)11-7-6-8-12-16-13-15(16)10-5-2/h14-16H,4-13H2,1-3H3. The van der Waals surface area contributed by atoms with E-state index in [-0.39, 0.29) is 0 Å². The topological polar surface area (TPSA) is 0 Å². The van der Waals surface area contributed by atoms with Crippen LogP contribution in [0.2, 0.25) is 0 Å². The Kier molecular flexibility index (Phi) is 7.16. The van der Waals surface area contributed by atoms with Gasteiger partial charge in [0.1, 0.15) is 0 Å². The molecule has 1 aliphatic carbocycles. The van der Waals surface area contributed by atoms with E-state index < -0.39 is 0 Å². The molecule has 3 unspecified atom stereocenters. The maximum atomic E-state index is 2.42. The summed E-state index contributed by atoms with van der Waals surface area (Å²) in [5.74, 6) is 3.23. The molecule has 3 atom stereocenters. The molecule has 0 bridgehead atoms. The summed E-state index contributed by atoms with van der Waals surface area (Å²) in [6.45, 7) is 7.05. The van der Waals surface area contributed by atoms with Gasteiger partial charge in [-0.15, -0.1) is 0 Å². The van der Waals surface area contributed by atoms with Crippen molar-refractivity contribution in [3.05, 3.63) is 0 Å². The molecule has 16 heavy (non-hydrogen) atoms. The molecule has 0 radical (unpaired) electrons. The van der Waals surface area contributed by atoms with Crippen molar-refractivity contribution in [3.63, 3.8) is 0 Å². The van der Waals surface area contributed by atoms with E-state index in [2.05, 4.69) is 20.8 Å². The van der Waals surface area contributed by atoms with Gasteiger partial charge in [-0.2, -0.15) is 0 Å². The highest BCUT2D eigenvalue weighted by Gasteiger charge is 2.34. The van der Waals surface area contributed by atoms with Gasteiger partial charge >= 0.3 is 0 Å². The molecule has 0 amide bonds. The van der Waals surface area contributed by atoms with Crippen molar-refractivity contribution in [1.82, 2.24) is 0 Å². The maximum absolute atomic E-state index is 2.42. The van der Waals surface area contributed by atoms with Crippen LogP contribution >= 0.6 is 0 Å². The highest BCUT2D eigenvalue weighted by molar-refractivity contribution is 4.85. The highest BCUT2D eigenvalue weighted by Crippen LogP contribution is 2.45. The summed E-state index contributed by atoms with van der Waals surface area (Å²) in [5.41, 5.74) is 0. The monoisotopic (exact) mass is 224 g/mol. The smallest absolute Gasteiger partial charge is 0.0383 e. The molecule has 1 fully saturated rings. The van der Waals surface area contributed by atoms with Crippen molar-refractivity contribution in [3.8, 4) is 0 Å². The number of hydrogen-bond donors (Lipinski definition) is 0. The molecule has 0 aromatic rings. The Balaban J connectivity index is 1.82. The fourth-order valence-electron chi connectivity index (χ4n) is 3.10. The Hall–Kier alpha value is 0. The fraction of sp³-hybridized carbons (Fsp3) is 1.00.